The fourth-order valence-corrected chi connectivity index (χ4v) is 2.99. The van der Waals surface area contributed by atoms with Crippen molar-refractivity contribution < 1.29 is 9.94 Å². The highest BCUT2D eigenvalue weighted by molar-refractivity contribution is 9.10. The molecule has 1 N–H and O–H groups in total. The average Bonchev–Trinajstić information content (AvgIpc) is 2.83. The molecule has 1 heterocycles. The zero-order chi connectivity index (χ0) is 13.7. The molecule has 3 nitrogen and oxygen atoms in total. The monoisotopic (exact) mass is 339 g/mol. The smallest absolute Gasteiger partial charge is 0.124 e. The molecule has 0 aliphatic rings. The number of hydrogen-bond acceptors (Lipinski definition) is 4. The van der Waals surface area contributed by atoms with Crippen LogP contribution >= 0.6 is 27.3 Å². The molecule has 2 aromatic rings. The molecule has 0 aliphatic heterocycles. The molecule has 0 radical (unpaired) electrons. The summed E-state index contributed by atoms with van der Waals surface area (Å²) in [7, 11) is 0. The highest BCUT2D eigenvalue weighted by atomic mass is 79.9. The van der Waals surface area contributed by atoms with Crippen LogP contribution in [0.4, 0.5) is 0 Å². The van der Waals surface area contributed by atoms with E-state index in [1.165, 1.54) is 4.88 Å². The number of nitrogens with zero attached hydrogens (tertiary/aromatic N) is 1. The number of halogens is 1. The van der Waals surface area contributed by atoms with Gasteiger partial charge in [-0.15, -0.1) is 11.3 Å². The van der Waals surface area contributed by atoms with Crippen LogP contribution in [0.15, 0.2) is 45.3 Å². The molecular formula is C14H14BrNO2S. The largest absolute Gasteiger partial charge is 0.488 e. The second-order valence-electron chi connectivity index (χ2n) is 4.14. The first-order valence-electron chi connectivity index (χ1n) is 5.80. The van der Waals surface area contributed by atoms with Crippen LogP contribution in [0.2, 0.25) is 0 Å². The molecule has 5 heteroatoms. The lowest BCUT2D eigenvalue weighted by Gasteiger charge is -2.06. The van der Waals surface area contributed by atoms with Crippen molar-refractivity contribution in [2.45, 2.75) is 20.0 Å². The number of thiophene rings is 1. The summed E-state index contributed by atoms with van der Waals surface area (Å²) in [5.74, 6) is 0.836. The number of rotatable bonds is 5. The Hall–Kier alpha value is -1.33. The summed E-state index contributed by atoms with van der Waals surface area (Å²) in [6.07, 6.45) is 0.646. The van der Waals surface area contributed by atoms with Crippen LogP contribution < -0.4 is 4.74 Å². The van der Waals surface area contributed by atoms with E-state index in [9.17, 15) is 0 Å². The lowest BCUT2D eigenvalue weighted by molar-refractivity contribution is 0.309. The van der Waals surface area contributed by atoms with Crippen molar-refractivity contribution in [2.75, 3.05) is 0 Å². The van der Waals surface area contributed by atoms with Gasteiger partial charge in [0, 0.05) is 10.9 Å². The van der Waals surface area contributed by atoms with Crippen molar-refractivity contribution in [1.29, 1.82) is 0 Å². The van der Waals surface area contributed by atoms with Gasteiger partial charge in [-0.1, -0.05) is 17.3 Å². The van der Waals surface area contributed by atoms with Gasteiger partial charge in [-0.05, 0) is 52.0 Å². The van der Waals surface area contributed by atoms with E-state index in [1.807, 2.05) is 35.7 Å². The molecule has 1 aromatic carbocycles. The Balaban J connectivity index is 1.94. The molecule has 0 amide bonds. The molecule has 0 spiro atoms. The van der Waals surface area contributed by atoms with Crippen LogP contribution in [0.25, 0.3) is 0 Å². The Morgan fingerprint density at radius 1 is 1.32 bits per heavy atom. The van der Waals surface area contributed by atoms with Gasteiger partial charge < -0.3 is 9.94 Å². The summed E-state index contributed by atoms with van der Waals surface area (Å²) in [6, 6.07) is 9.84. The predicted molar refractivity (Wildman–Crippen MR) is 81.4 cm³/mol. The molecule has 0 atom stereocenters. The first-order chi connectivity index (χ1) is 9.19. The number of oxime groups is 1. The van der Waals surface area contributed by atoms with E-state index in [0.717, 1.165) is 15.8 Å². The second kappa shape index (κ2) is 6.73. The zero-order valence-electron chi connectivity index (χ0n) is 10.5. The second-order valence-corrected chi connectivity index (χ2v) is 5.99. The standard InChI is InChI=1S/C14H14BrNO2S/c1-10(16-17)8-11-2-4-12(5-3-11)18-9-14-13(15)6-7-19-14/h2-7,17H,8-9H2,1H3/b16-10-. The maximum absolute atomic E-state index is 8.63. The van der Waals surface area contributed by atoms with Gasteiger partial charge in [0.15, 0.2) is 0 Å². The lowest BCUT2D eigenvalue weighted by Crippen LogP contribution is -1.98. The third-order valence-electron chi connectivity index (χ3n) is 2.61. The summed E-state index contributed by atoms with van der Waals surface area (Å²) in [5, 5.41) is 13.8. The minimum atomic E-state index is 0.564. The zero-order valence-corrected chi connectivity index (χ0v) is 12.9. The van der Waals surface area contributed by atoms with Crippen LogP contribution in [0.3, 0.4) is 0 Å². The predicted octanol–water partition coefficient (Wildman–Crippen LogP) is 4.48. The fraction of sp³-hybridized carbons (Fsp3) is 0.214. The van der Waals surface area contributed by atoms with Crippen LogP contribution in [-0.2, 0) is 13.0 Å². The first kappa shape index (κ1) is 14.1. The average molecular weight is 340 g/mol. The quantitative estimate of drug-likeness (QED) is 0.495. The molecule has 100 valence electrons. The topological polar surface area (TPSA) is 41.8 Å². The highest BCUT2D eigenvalue weighted by Crippen LogP contribution is 2.24. The summed E-state index contributed by atoms with van der Waals surface area (Å²) in [5.41, 5.74) is 1.79. The van der Waals surface area contributed by atoms with E-state index in [2.05, 4.69) is 21.1 Å². The minimum absolute atomic E-state index is 0.564. The van der Waals surface area contributed by atoms with Crippen molar-refractivity contribution in [3.8, 4) is 5.75 Å². The summed E-state index contributed by atoms with van der Waals surface area (Å²) in [6.45, 7) is 2.35. The Morgan fingerprint density at radius 2 is 2.05 bits per heavy atom. The molecule has 0 aliphatic carbocycles. The normalized spacial score (nSPS) is 11.6. The molecule has 0 fully saturated rings. The molecule has 2 rings (SSSR count). The molecule has 0 unspecified atom stereocenters. The van der Waals surface area contributed by atoms with Crippen LogP contribution in [-0.4, -0.2) is 10.9 Å². The van der Waals surface area contributed by atoms with Gasteiger partial charge >= 0.3 is 0 Å². The fourth-order valence-electron chi connectivity index (χ4n) is 1.61. The van der Waals surface area contributed by atoms with Crippen molar-refractivity contribution >= 4 is 33.0 Å². The number of benzene rings is 1. The Kier molecular flexibility index (Phi) is 4.99. The van der Waals surface area contributed by atoms with Crippen molar-refractivity contribution in [2.24, 2.45) is 5.16 Å². The third-order valence-corrected chi connectivity index (χ3v) is 4.51. The molecular weight excluding hydrogens is 326 g/mol. The van der Waals surface area contributed by atoms with Gasteiger partial charge in [-0.25, -0.2) is 0 Å². The summed E-state index contributed by atoms with van der Waals surface area (Å²) in [4.78, 5) is 1.17. The van der Waals surface area contributed by atoms with Crippen LogP contribution in [0.1, 0.15) is 17.4 Å². The van der Waals surface area contributed by atoms with Gasteiger partial charge in [0.25, 0.3) is 0 Å². The molecule has 1 aromatic heterocycles. The lowest BCUT2D eigenvalue weighted by atomic mass is 10.1. The van der Waals surface area contributed by atoms with Gasteiger partial charge in [-0.3, -0.25) is 0 Å². The Labute approximate surface area is 124 Å². The van der Waals surface area contributed by atoms with Crippen LogP contribution in [0, 0.1) is 0 Å². The van der Waals surface area contributed by atoms with Gasteiger partial charge in [0.2, 0.25) is 0 Å². The van der Waals surface area contributed by atoms with E-state index in [0.29, 0.717) is 18.7 Å². The van der Waals surface area contributed by atoms with E-state index < -0.39 is 0 Å². The maximum Gasteiger partial charge on any atom is 0.124 e. The Bertz CT molecular complexity index is 563. The van der Waals surface area contributed by atoms with E-state index in [4.69, 9.17) is 9.94 Å². The van der Waals surface area contributed by atoms with E-state index >= 15 is 0 Å². The third kappa shape index (κ3) is 4.08. The van der Waals surface area contributed by atoms with Gasteiger partial charge in [0.1, 0.15) is 12.4 Å². The van der Waals surface area contributed by atoms with Gasteiger partial charge in [-0.2, -0.15) is 0 Å². The van der Waals surface area contributed by atoms with Gasteiger partial charge in [0.05, 0.1) is 10.6 Å². The van der Waals surface area contributed by atoms with Crippen molar-refractivity contribution in [3.63, 3.8) is 0 Å². The van der Waals surface area contributed by atoms with E-state index in [-0.39, 0.29) is 0 Å². The minimum Gasteiger partial charge on any atom is -0.488 e. The SMILES string of the molecule is C/C(Cc1ccc(OCc2sccc2Br)cc1)=N/O. The summed E-state index contributed by atoms with van der Waals surface area (Å²) >= 11 is 5.15. The molecule has 19 heavy (non-hydrogen) atoms. The first-order valence-corrected chi connectivity index (χ1v) is 7.47. The van der Waals surface area contributed by atoms with Crippen LogP contribution in [0.5, 0.6) is 5.75 Å². The Morgan fingerprint density at radius 3 is 2.63 bits per heavy atom. The maximum atomic E-state index is 8.63. The van der Waals surface area contributed by atoms with Crippen molar-refractivity contribution in [1.82, 2.24) is 0 Å². The summed E-state index contributed by atoms with van der Waals surface area (Å²) < 4.78 is 6.81. The molecule has 0 bridgehead atoms. The number of hydrogen-bond donors (Lipinski definition) is 1. The molecule has 0 saturated carbocycles. The van der Waals surface area contributed by atoms with Crippen molar-refractivity contribution in [3.05, 3.63) is 50.6 Å². The highest BCUT2D eigenvalue weighted by Gasteiger charge is 2.03. The van der Waals surface area contributed by atoms with E-state index in [1.54, 1.807) is 18.3 Å². The molecule has 0 saturated heterocycles. The number of ether oxygens (including phenoxy) is 1.